The number of nitrogens with zero attached hydrogens (tertiary/aromatic N) is 3. The Morgan fingerprint density at radius 2 is 1.00 bits per heavy atom. The summed E-state index contributed by atoms with van der Waals surface area (Å²) in [6, 6.07) is 76.7. The van der Waals surface area contributed by atoms with Gasteiger partial charge in [-0.3, -0.25) is 0 Å². The molecule has 11 rings (SSSR count). The van der Waals surface area contributed by atoms with Gasteiger partial charge in [0.05, 0.1) is 0 Å². The first kappa shape index (κ1) is 44.2. The first-order chi connectivity index (χ1) is 33.1. The Morgan fingerprint density at radius 1 is 0.382 bits per heavy atom. The summed E-state index contributed by atoms with van der Waals surface area (Å²) in [7, 11) is 0. The number of rotatable bonds is 12. The number of aryl methyl sites for hydroxylation is 4. The maximum Gasteiger partial charge on any atom is 3.00 e. The summed E-state index contributed by atoms with van der Waals surface area (Å²) < 4.78 is 15.5. The largest absolute Gasteiger partial charge is 3.00 e. The molecule has 0 unspecified atom stereocenters. The number of benzene rings is 8. The van der Waals surface area contributed by atoms with Crippen molar-refractivity contribution in [2.45, 2.75) is 25.7 Å². The maximum absolute atomic E-state index is 15.5. The third-order valence-electron chi connectivity index (χ3n) is 12.6. The Labute approximate surface area is 410 Å². The van der Waals surface area contributed by atoms with Crippen LogP contribution in [0.1, 0.15) is 22.3 Å². The van der Waals surface area contributed by atoms with Crippen molar-refractivity contribution in [1.82, 2.24) is 15.0 Å². The quantitative estimate of drug-likeness (QED) is 0.0904. The average molecular weight is 1050 g/mol. The molecule has 0 fully saturated rings. The van der Waals surface area contributed by atoms with E-state index in [1.807, 2.05) is 60.8 Å². The van der Waals surface area contributed by atoms with Gasteiger partial charge >= 0.3 is 20.1 Å². The van der Waals surface area contributed by atoms with Crippen molar-refractivity contribution in [3.8, 4) is 67.0 Å². The fourth-order valence-corrected chi connectivity index (χ4v) is 9.12. The molecular formula is C63H43FIrN3. The molecule has 3 nitrogen and oxygen atoms in total. The summed E-state index contributed by atoms with van der Waals surface area (Å²) in [6.07, 6.45) is 8.81. The molecule has 5 heteroatoms. The van der Waals surface area contributed by atoms with Crippen LogP contribution in [0.25, 0.3) is 88.7 Å². The van der Waals surface area contributed by atoms with E-state index in [2.05, 4.69) is 156 Å². The smallest absolute Gasteiger partial charge is 0.305 e. The molecule has 0 atom stereocenters. The van der Waals surface area contributed by atoms with Crippen LogP contribution in [0.5, 0.6) is 0 Å². The number of hydrogen-bond donors (Lipinski definition) is 0. The third kappa shape index (κ3) is 9.59. The van der Waals surface area contributed by atoms with Crippen LogP contribution in [-0.2, 0) is 45.8 Å². The molecule has 68 heavy (non-hydrogen) atoms. The molecule has 0 aliphatic heterocycles. The number of fused-ring (bicyclic) bond motifs is 3. The van der Waals surface area contributed by atoms with E-state index in [0.717, 1.165) is 103 Å². The van der Waals surface area contributed by atoms with Crippen molar-refractivity contribution in [1.29, 1.82) is 0 Å². The van der Waals surface area contributed by atoms with Gasteiger partial charge in [0.15, 0.2) is 0 Å². The Morgan fingerprint density at radius 3 is 1.62 bits per heavy atom. The Hall–Kier alpha value is -7.69. The second-order valence-electron chi connectivity index (χ2n) is 17.0. The number of halogens is 1. The van der Waals surface area contributed by atoms with Crippen LogP contribution in [-0.4, -0.2) is 15.0 Å². The minimum absolute atomic E-state index is 0. The molecular weight excluding hydrogens is 1010 g/mol. The second-order valence-corrected chi connectivity index (χ2v) is 17.0. The third-order valence-corrected chi connectivity index (χ3v) is 12.6. The molecule has 0 radical (unpaired) electrons. The standard InChI is InChI=1S/C63H43FN3.Ir/c64-55-30-33-56(52-28-31-58-53(41-52)29-32-59-57(34-37-67-63(58)59)49-26-24-48(25-27-49)47-8-2-1-3-9-47)60(42-55)54-39-45(14-12-43-16-20-50(21-17-43)61-10-4-6-35-65-61)38-46(40-54)15-13-44-18-22-51(23-19-44)62-11-5-7-36-66-62;/h1-11,16-20,22,24-30,32-42H,12-15H2;/q-3;+3. The zero-order valence-corrected chi connectivity index (χ0v) is 39.5. The van der Waals surface area contributed by atoms with Gasteiger partial charge in [-0.05, 0) is 110 Å². The van der Waals surface area contributed by atoms with Gasteiger partial charge in [0, 0.05) is 18.6 Å². The molecule has 8 aromatic carbocycles. The van der Waals surface area contributed by atoms with Crippen molar-refractivity contribution in [3.63, 3.8) is 0 Å². The summed E-state index contributed by atoms with van der Waals surface area (Å²) in [4.78, 5) is 13.9. The predicted molar refractivity (Wildman–Crippen MR) is 272 cm³/mol. The van der Waals surface area contributed by atoms with E-state index in [9.17, 15) is 0 Å². The van der Waals surface area contributed by atoms with E-state index in [1.54, 1.807) is 24.5 Å². The maximum atomic E-state index is 15.5. The van der Waals surface area contributed by atoms with Gasteiger partial charge in [-0.2, -0.15) is 0 Å². The minimum Gasteiger partial charge on any atom is -0.305 e. The van der Waals surface area contributed by atoms with Crippen LogP contribution >= 0.6 is 0 Å². The van der Waals surface area contributed by atoms with Gasteiger partial charge in [-0.25, -0.2) is 4.39 Å². The van der Waals surface area contributed by atoms with E-state index in [0.29, 0.717) is 0 Å². The minimum atomic E-state index is -0.276. The monoisotopic (exact) mass is 1050 g/mol. The summed E-state index contributed by atoms with van der Waals surface area (Å²) in [5.41, 5.74) is 17.8. The van der Waals surface area contributed by atoms with Crippen molar-refractivity contribution in [2.75, 3.05) is 0 Å². The molecule has 0 spiro atoms. The zero-order valence-electron chi connectivity index (χ0n) is 37.1. The summed E-state index contributed by atoms with van der Waals surface area (Å²) >= 11 is 0. The van der Waals surface area contributed by atoms with Gasteiger partial charge in [0.25, 0.3) is 0 Å². The van der Waals surface area contributed by atoms with Crippen LogP contribution in [0.4, 0.5) is 4.39 Å². The molecule has 0 bridgehead atoms. The molecule has 0 aliphatic rings. The first-order valence-corrected chi connectivity index (χ1v) is 22.7. The Bertz CT molecular complexity index is 3380. The number of hydrogen-bond acceptors (Lipinski definition) is 3. The van der Waals surface area contributed by atoms with E-state index >= 15 is 4.39 Å². The van der Waals surface area contributed by atoms with Crippen LogP contribution in [0.3, 0.4) is 0 Å². The SMILES string of the molecule is Fc1ccc(-c2c[c-]c3c(ccc4c(-c5ccc(-c6ccccc6)cc5)ccnc43)c2)c(-c2cc(CCc3c[c-]c(-c4ccccn4)cc3)cc(CCc3c[c-]c(-c4ccccn4)cc3)c2)c1.[Ir+3]. The van der Waals surface area contributed by atoms with E-state index in [-0.39, 0.29) is 25.9 Å². The molecule has 0 aliphatic carbocycles. The van der Waals surface area contributed by atoms with Crippen molar-refractivity contribution in [2.24, 2.45) is 0 Å². The van der Waals surface area contributed by atoms with Crippen LogP contribution in [0, 0.1) is 24.0 Å². The molecule has 0 saturated carbocycles. The van der Waals surface area contributed by atoms with E-state index < -0.39 is 0 Å². The summed E-state index contributed by atoms with van der Waals surface area (Å²) in [5, 5.41) is 3.05. The van der Waals surface area contributed by atoms with Crippen molar-refractivity contribution < 1.29 is 24.5 Å². The van der Waals surface area contributed by atoms with Gasteiger partial charge in [0.2, 0.25) is 0 Å². The predicted octanol–water partition coefficient (Wildman–Crippen LogP) is 15.3. The van der Waals surface area contributed by atoms with Crippen molar-refractivity contribution in [3.05, 3.63) is 259 Å². The van der Waals surface area contributed by atoms with Gasteiger partial charge in [-0.15, -0.1) is 99.8 Å². The second kappa shape index (κ2) is 20.0. The number of aromatic nitrogens is 3. The molecule has 326 valence electrons. The van der Waals surface area contributed by atoms with Gasteiger partial charge < -0.3 is 15.0 Å². The molecule has 0 N–H and O–H groups in total. The van der Waals surface area contributed by atoms with Crippen LogP contribution in [0.2, 0.25) is 0 Å². The Balaban J connectivity index is 0.00000539. The first-order valence-electron chi connectivity index (χ1n) is 22.7. The van der Waals surface area contributed by atoms with Gasteiger partial charge in [-0.1, -0.05) is 139 Å². The molecule has 0 amide bonds. The molecule has 3 aromatic heterocycles. The van der Waals surface area contributed by atoms with Gasteiger partial charge in [0.1, 0.15) is 5.82 Å². The fraction of sp³-hybridized carbons (Fsp3) is 0.0635. The summed E-state index contributed by atoms with van der Waals surface area (Å²) in [5.74, 6) is -0.276. The number of pyridine rings is 3. The van der Waals surface area contributed by atoms with Crippen LogP contribution in [0.15, 0.2) is 213 Å². The Kier molecular flexibility index (Phi) is 13.0. The summed E-state index contributed by atoms with van der Waals surface area (Å²) in [6.45, 7) is 0. The fourth-order valence-electron chi connectivity index (χ4n) is 9.12. The van der Waals surface area contributed by atoms with Crippen LogP contribution < -0.4 is 0 Å². The topological polar surface area (TPSA) is 38.7 Å². The van der Waals surface area contributed by atoms with Crippen molar-refractivity contribution >= 4 is 21.7 Å². The zero-order chi connectivity index (χ0) is 44.9. The molecule has 0 saturated heterocycles. The molecule has 3 heterocycles. The van der Waals surface area contributed by atoms with E-state index in [4.69, 9.17) is 4.98 Å². The normalized spacial score (nSPS) is 11.1. The molecule has 11 aromatic rings. The van der Waals surface area contributed by atoms with E-state index in [1.165, 1.54) is 33.4 Å². The average Bonchev–Trinajstić information content (AvgIpc) is 3.40.